The summed E-state index contributed by atoms with van der Waals surface area (Å²) >= 11 is 9.71. The van der Waals surface area contributed by atoms with Crippen molar-refractivity contribution in [2.24, 2.45) is 0 Å². The van der Waals surface area contributed by atoms with Gasteiger partial charge in [0.25, 0.3) is 0 Å². The van der Waals surface area contributed by atoms with Crippen molar-refractivity contribution in [2.45, 2.75) is 24.1 Å². The van der Waals surface area contributed by atoms with E-state index in [2.05, 4.69) is 46.3 Å². The third-order valence-corrected chi connectivity index (χ3v) is 4.73. The Kier molecular flexibility index (Phi) is 4.32. The van der Waals surface area contributed by atoms with Crippen LogP contribution in [-0.2, 0) is 12.8 Å². The summed E-state index contributed by atoms with van der Waals surface area (Å²) in [4.78, 5) is 0.316. The molecule has 0 saturated carbocycles. The maximum absolute atomic E-state index is 5.92. The highest BCUT2D eigenvalue weighted by atomic mass is 79.9. The van der Waals surface area contributed by atoms with Crippen molar-refractivity contribution in [3.05, 3.63) is 64.2 Å². The minimum Gasteiger partial charge on any atom is -0.493 e. The SMILES string of the molecule is Clc1ccc(CC(Br)c2ccc3c(c2)CCCO3)cc1. The summed E-state index contributed by atoms with van der Waals surface area (Å²) in [6.45, 7) is 0.842. The third-order valence-electron chi connectivity index (χ3n) is 3.62. The number of fused-ring (bicyclic) bond motifs is 1. The highest BCUT2D eigenvalue weighted by Crippen LogP contribution is 2.33. The van der Waals surface area contributed by atoms with Gasteiger partial charge in [0, 0.05) is 9.85 Å². The van der Waals surface area contributed by atoms with Crippen molar-refractivity contribution in [3.63, 3.8) is 0 Å². The first-order valence-electron chi connectivity index (χ1n) is 6.86. The molecular weight excluding hydrogens is 336 g/mol. The number of aryl methyl sites for hydroxylation is 1. The fourth-order valence-electron chi connectivity index (χ4n) is 2.52. The predicted octanol–water partition coefficient (Wildman–Crippen LogP) is 5.34. The quantitative estimate of drug-likeness (QED) is 0.678. The van der Waals surface area contributed by atoms with Crippen LogP contribution in [0.1, 0.15) is 27.9 Å². The van der Waals surface area contributed by atoms with Crippen LogP contribution in [0.25, 0.3) is 0 Å². The normalized spacial score (nSPS) is 15.3. The van der Waals surface area contributed by atoms with Crippen LogP contribution >= 0.6 is 27.5 Å². The number of halogens is 2. The van der Waals surface area contributed by atoms with Crippen LogP contribution < -0.4 is 4.74 Å². The maximum Gasteiger partial charge on any atom is 0.122 e. The molecule has 20 heavy (non-hydrogen) atoms. The Morgan fingerprint density at radius 1 is 1.15 bits per heavy atom. The van der Waals surface area contributed by atoms with Crippen LogP contribution in [-0.4, -0.2) is 6.61 Å². The van der Waals surface area contributed by atoms with Crippen LogP contribution in [0, 0.1) is 0 Å². The predicted molar refractivity (Wildman–Crippen MR) is 87.1 cm³/mol. The number of benzene rings is 2. The molecule has 104 valence electrons. The Morgan fingerprint density at radius 2 is 1.95 bits per heavy atom. The van der Waals surface area contributed by atoms with E-state index < -0.39 is 0 Å². The zero-order chi connectivity index (χ0) is 13.9. The highest BCUT2D eigenvalue weighted by molar-refractivity contribution is 9.09. The minimum atomic E-state index is 0.316. The van der Waals surface area contributed by atoms with E-state index in [1.807, 2.05) is 12.1 Å². The number of hydrogen-bond acceptors (Lipinski definition) is 1. The molecule has 0 bridgehead atoms. The molecule has 1 aliphatic heterocycles. The van der Waals surface area contributed by atoms with Crippen LogP contribution in [0.4, 0.5) is 0 Å². The molecule has 0 N–H and O–H groups in total. The van der Waals surface area contributed by atoms with Crippen LogP contribution in [0.5, 0.6) is 5.75 Å². The molecule has 0 amide bonds. The monoisotopic (exact) mass is 350 g/mol. The smallest absolute Gasteiger partial charge is 0.122 e. The Bertz CT molecular complexity index is 594. The van der Waals surface area contributed by atoms with Crippen molar-refractivity contribution < 1.29 is 4.74 Å². The first-order valence-corrected chi connectivity index (χ1v) is 8.16. The molecule has 0 aliphatic carbocycles. The van der Waals surface area contributed by atoms with E-state index in [9.17, 15) is 0 Å². The highest BCUT2D eigenvalue weighted by Gasteiger charge is 2.14. The summed E-state index contributed by atoms with van der Waals surface area (Å²) in [5.41, 5.74) is 3.92. The molecule has 1 heterocycles. The Balaban J connectivity index is 1.76. The zero-order valence-electron chi connectivity index (χ0n) is 11.1. The molecule has 2 aromatic carbocycles. The number of alkyl halides is 1. The summed E-state index contributed by atoms with van der Waals surface area (Å²) in [6.07, 6.45) is 3.18. The number of rotatable bonds is 3. The van der Waals surface area contributed by atoms with Crippen molar-refractivity contribution >= 4 is 27.5 Å². The second-order valence-corrected chi connectivity index (χ2v) is 6.66. The molecule has 0 aromatic heterocycles. The Morgan fingerprint density at radius 3 is 2.75 bits per heavy atom. The van der Waals surface area contributed by atoms with Gasteiger partial charge in [0.05, 0.1) is 6.61 Å². The fourth-order valence-corrected chi connectivity index (χ4v) is 3.31. The lowest BCUT2D eigenvalue weighted by Crippen LogP contribution is -2.09. The zero-order valence-corrected chi connectivity index (χ0v) is 13.5. The van der Waals surface area contributed by atoms with E-state index in [-0.39, 0.29) is 0 Å². The molecule has 0 spiro atoms. The van der Waals surface area contributed by atoms with Gasteiger partial charge in [-0.25, -0.2) is 0 Å². The average molecular weight is 352 g/mol. The molecule has 1 aliphatic rings. The maximum atomic E-state index is 5.92. The summed E-state index contributed by atoms with van der Waals surface area (Å²) in [7, 11) is 0. The van der Waals surface area contributed by atoms with Crippen molar-refractivity contribution in [2.75, 3.05) is 6.61 Å². The van der Waals surface area contributed by atoms with E-state index in [0.29, 0.717) is 4.83 Å². The first-order chi connectivity index (χ1) is 9.72. The molecule has 3 rings (SSSR count). The lowest BCUT2D eigenvalue weighted by molar-refractivity contribution is 0.288. The standard InChI is InChI=1S/C17H16BrClO/c18-16(10-12-3-6-15(19)7-4-12)13-5-8-17-14(11-13)2-1-9-20-17/h3-8,11,16H,1-2,9-10H2. The minimum absolute atomic E-state index is 0.316. The topological polar surface area (TPSA) is 9.23 Å². The van der Waals surface area contributed by atoms with Crippen LogP contribution in [0.15, 0.2) is 42.5 Å². The second-order valence-electron chi connectivity index (χ2n) is 5.12. The number of ether oxygens (including phenoxy) is 1. The molecule has 3 heteroatoms. The molecule has 1 atom stereocenters. The van der Waals surface area contributed by atoms with Gasteiger partial charge >= 0.3 is 0 Å². The Hall–Kier alpha value is -0.990. The summed E-state index contributed by atoms with van der Waals surface area (Å²) < 4.78 is 5.66. The van der Waals surface area contributed by atoms with E-state index in [0.717, 1.165) is 36.6 Å². The molecular formula is C17H16BrClO. The third kappa shape index (κ3) is 3.18. The van der Waals surface area contributed by atoms with Gasteiger partial charge in [0.15, 0.2) is 0 Å². The summed E-state index contributed by atoms with van der Waals surface area (Å²) in [5.74, 6) is 1.05. The van der Waals surface area contributed by atoms with Gasteiger partial charge in [-0.2, -0.15) is 0 Å². The average Bonchev–Trinajstić information content (AvgIpc) is 2.49. The van der Waals surface area contributed by atoms with Gasteiger partial charge in [-0.05, 0) is 54.2 Å². The van der Waals surface area contributed by atoms with Gasteiger partial charge in [-0.15, -0.1) is 0 Å². The van der Waals surface area contributed by atoms with Gasteiger partial charge in [0.2, 0.25) is 0 Å². The van der Waals surface area contributed by atoms with Crippen molar-refractivity contribution in [1.82, 2.24) is 0 Å². The number of hydrogen-bond donors (Lipinski definition) is 0. The lowest BCUT2D eigenvalue weighted by Gasteiger charge is -2.19. The first kappa shape index (κ1) is 14.0. The largest absolute Gasteiger partial charge is 0.493 e. The Labute approximate surface area is 133 Å². The molecule has 1 unspecified atom stereocenters. The van der Waals surface area contributed by atoms with Crippen molar-refractivity contribution in [1.29, 1.82) is 0 Å². The van der Waals surface area contributed by atoms with E-state index in [4.69, 9.17) is 16.3 Å². The molecule has 0 saturated heterocycles. The summed E-state index contributed by atoms with van der Waals surface area (Å²) in [5, 5.41) is 0.783. The van der Waals surface area contributed by atoms with E-state index >= 15 is 0 Å². The molecule has 1 nitrogen and oxygen atoms in total. The van der Waals surface area contributed by atoms with E-state index in [1.54, 1.807) is 0 Å². The van der Waals surface area contributed by atoms with Gasteiger partial charge in [-0.3, -0.25) is 0 Å². The van der Waals surface area contributed by atoms with Gasteiger partial charge in [0.1, 0.15) is 5.75 Å². The van der Waals surface area contributed by atoms with Crippen molar-refractivity contribution in [3.8, 4) is 5.75 Å². The summed E-state index contributed by atoms with van der Waals surface area (Å²) in [6, 6.07) is 14.6. The van der Waals surface area contributed by atoms with E-state index in [1.165, 1.54) is 16.7 Å². The molecule has 0 fully saturated rings. The molecule has 2 aromatic rings. The molecule has 0 radical (unpaired) electrons. The lowest BCUT2D eigenvalue weighted by atomic mass is 9.99. The fraction of sp³-hybridized carbons (Fsp3) is 0.294. The van der Waals surface area contributed by atoms with Gasteiger partial charge < -0.3 is 4.74 Å². The van der Waals surface area contributed by atoms with Crippen LogP contribution in [0.3, 0.4) is 0 Å². The van der Waals surface area contributed by atoms with Gasteiger partial charge in [-0.1, -0.05) is 51.8 Å². The van der Waals surface area contributed by atoms with Crippen LogP contribution in [0.2, 0.25) is 5.02 Å². The second kappa shape index (κ2) is 6.19.